The Morgan fingerprint density at radius 2 is 2.24 bits per heavy atom. The zero-order chi connectivity index (χ0) is 15.1. The van der Waals surface area contributed by atoms with Gasteiger partial charge in [0.2, 0.25) is 5.91 Å². The first-order chi connectivity index (χ1) is 10.2. The van der Waals surface area contributed by atoms with Crippen molar-refractivity contribution in [2.24, 2.45) is 5.73 Å². The molecule has 1 amide bonds. The Morgan fingerprint density at radius 1 is 1.38 bits per heavy atom. The summed E-state index contributed by atoms with van der Waals surface area (Å²) >= 11 is 5.96. The van der Waals surface area contributed by atoms with Crippen LogP contribution in [0.15, 0.2) is 42.7 Å². The largest absolute Gasteiger partial charge is 0.325 e. The fourth-order valence-electron chi connectivity index (χ4n) is 1.76. The number of hydrogen-bond donors (Lipinski definition) is 2. The third-order valence-corrected chi connectivity index (χ3v) is 2.90. The lowest BCUT2D eigenvalue weighted by Gasteiger charge is -2.08. The Labute approximate surface area is 128 Å². The normalized spacial score (nSPS) is 9.62. The van der Waals surface area contributed by atoms with Gasteiger partial charge >= 0.3 is 0 Å². The second kappa shape index (κ2) is 7.44. The average Bonchev–Trinajstić information content (AvgIpc) is 2.47. The summed E-state index contributed by atoms with van der Waals surface area (Å²) in [6, 6.07) is 8.78. The molecule has 2 rings (SSSR count). The second-order valence-electron chi connectivity index (χ2n) is 4.28. The third kappa shape index (κ3) is 4.60. The number of pyridine rings is 1. The van der Waals surface area contributed by atoms with E-state index in [1.165, 1.54) is 0 Å². The highest BCUT2D eigenvalue weighted by atomic mass is 35.5. The molecule has 0 aliphatic rings. The first-order valence-corrected chi connectivity index (χ1v) is 6.74. The maximum atomic E-state index is 12.1. The molecule has 4 nitrogen and oxygen atoms in total. The minimum atomic E-state index is -0.152. The van der Waals surface area contributed by atoms with Crippen LogP contribution < -0.4 is 11.1 Å². The average molecular weight is 300 g/mol. The van der Waals surface area contributed by atoms with Crippen molar-refractivity contribution in [1.82, 2.24) is 4.98 Å². The first-order valence-electron chi connectivity index (χ1n) is 6.36. The molecular formula is C16H14ClN3O. The lowest BCUT2D eigenvalue weighted by Crippen LogP contribution is -2.15. The van der Waals surface area contributed by atoms with Gasteiger partial charge in [-0.15, -0.1) is 0 Å². The number of nitrogens with one attached hydrogen (secondary N) is 1. The van der Waals surface area contributed by atoms with Gasteiger partial charge in [-0.05, 0) is 29.8 Å². The van der Waals surface area contributed by atoms with Crippen LogP contribution in [0.5, 0.6) is 0 Å². The predicted octanol–water partition coefficient (Wildman–Crippen LogP) is 2.23. The topological polar surface area (TPSA) is 68.0 Å². The van der Waals surface area contributed by atoms with Crippen LogP contribution in [0.1, 0.15) is 11.1 Å². The van der Waals surface area contributed by atoms with E-state index in [0.717, 1.165) is 5.56 Å². The standard InChI is InChI=1S/C16H14ClN3O/c17-14-6-5-13(4-1-7-18)15(10-14)20-16(21)9-12-3-2-8-19-11-12/h2-3,5-6,8,10-11H,7,9,18H2,(H,20,21). The van der Waals surface area contributed by atoms with Crippen LogP contribution in [0.25, 0.3) is 0 Å². The Morgan fingerprint density at radius 3 is 2.95 bits per heavy atom. The van der Waals surface area contributed by atoms with E-state index in [1.54, 1.807) is 36.7 Å². The van der Waals surface area contributed by atoms with Gasteiger partial charge in [-0.1, -0.05) is 29.5 Å². The van der Waals surface area contributed by atoms with Gasteiger partial charge in [-0.3, -0.25) is 9.78 Å². The molecule has 106 valence electrons. The van der Waals surface area contributed by atoms with Crippen molar-refractivity contribution < 1.29 is 4.79 Å². The van der Waals surface area contributed by atoms with Gasteiger partial charge in [0.15, 0.2) is 0 Å². The number of amides is 1. The number of nitrogens with two attached hydrogens (primary N) is 1. The van der Waals surface area contributed by atoms with E-state index in [9.17, 15) is 4.79 Å². The molecule has 2 aromatic rings. The monoisotopic (exact) mass is 299 g/mol. The number of benzene rings is 1. The molecule has 0 bridgehead atoms. The Kier molecular flexibility index (Phi) is 5.33. The molecule has 5 heteroatoms. The number of carbonyl (C=O) groups excluding carboxylic acids is 1. The molecule has 0 aliphatic carbocycles. The van der Waals surface area contributed by atoms with Gasteiger partial charge in [0.1, 0.15) is 0 Å². The quantitative estimate of drug-likeness (QED) is 0.854. The van der Waals surface area contributed by atoms with Crippen molar-refractivity contribution >= 4 is 23.2 Å². The van der Waals surface area contributed by atoms with Crippen molar-refractivity contribution in [3.63, 3.8) is 0 Å². The summed E-state index contributed by atoms with van der Waals surface area (Å²) in [5.41, 5.74) is 7.47. The maximum absolute atomic E-state index is 12.1. The lowest BCUT2D eigenvalue weighted by molar-refractivity contribution is -0.115. The maximum Gasteiger partial charge on any atom is 0.228 e. The molecular weight excluding hydrogens is 286 g/mol. The van der Waals surface area contributed by atoms with Crippen LogP contribution in [0, 0.1) is 11.8 Å². The molecule has 1 heterocycles. The van der Waals surface area contributed by atoms with E-state index >= 15 is 0 Å². The van der Waals surface area contributed by atoms with E-state index < -0.39 is 0 Å². The molecule has 0 spiro atoms. The summed E-state index contributed by atoms with van der Waals surface area (Å²) in [4.78, 5) is 16.0. The Hall–Kier alpha value is -2.35. The summed E-state index contributed by atoms with van der Waals surface area (Å²) < 4.78 is 0. The highest BCUT2D eigenvalue weighted by molar-refractivity contribution is 6.31. The van der Waals surface area contributed by atoms with Crippen molar-refractivity contribution in [1.29, 1.82) is 0 Å². The number of hydrogen-bond acceptors (Lipinski definition) is 3. The number of carbonyl (C=O) groups is 1. The van der Waals surface area contributed by atoms with Crippen molar-refractivity contribution in [2.75, 3.05) is 11.9 Å². The fraction of sp³-hybridized carbons (Fsp3) is 0.125. The minimum absolute atomic E-state index is 0.152. The molecule has 0 fully saturated rings. The van der Waals surface area contributed by atoms with Gasteiger partial charge in [0.25, 0.3) is 0 Å². The number of aromatic nitrogens is 1. The van der Waals surface area contributed by atoms with E-state index in [-0.39, 0.29) is 18.9 Å². The van der Waals surface area contributed by atoms with Gasteiger partial charge in [-0.25, -0.2) is 0 Å². The van der Waals surface area contributed by atoms with Crippen LogP contribution in [0.4, 0.5) is 5.69 Å². The third-order valence-electron chi connectivity index (χ3n) is 2.67. The second-order valence-corrected chi connectivity index (χ2v) is 4.72. The van der Waals surface area contributed by atoms with E-state index in [2.05, 4.69) is 22.1 Å². The first kappa shape index (κ1) is 15.0. The van der Waals surface area contributed by atoms with Gasteiger partial charge in [0, 0.05) is 23.0 Å². The van der Waals surface area contributed by atoms with Crippen molar-refractivity contribution in [3.05, 3.63) is 58.9 Å². The molecule has 0 atom stereocenters. The molecule has 0 saturated carbocycles. The number of halogens is 1. The molecule has 0 radical (unpaired) electrons. The lowest BCUT2D eigenvalue weighted by atomic mass is 10.1. The molecule has 1 aromatic heterocycles. The zero-order valence-electron chi connectivity index (χ0n) is 11.3. The molecule has 21 heavy (non-hydrogen) atoms. The number of rotatable bonds is 3. The zero-order valence-corrected chi connectivity index (χ0v) is 12.0. The van der Waals surface area contributed by atoms with Gasteiger partial charge in [0.05, 0.1) is 18.7 Å². The minimum Gasteiger partial charge on any atom is -0.325 e. The van der Waals surface area contributed by atoms with Crippen LogP contribution >= 0.6 is 11.6 Å². The van der Waals surface area contributed by atoms with Gasteiger partial charge < -0.3 is 11.1 Å². The van der Waals surface area contributed by atoms with Crippen molar-refractivity contribution in [2.45, 2.75) is 6.42 Å². The van der Waals surface area contributed by atoms with E-state index in [4.69, 9.17) is 17.3 Å². The number of nitrogens with zero attached hydrogens (tertiary/aromatic N) is 1. The van der Waals surface area contributed by atoms with Crippen LogP contribution in [0.2, 0.25) is 5.02 Å². The Balaban J connectivity index is 2.14. The van der Waals surface area contributed by atoms with Gasteiger partial charge in [-0.2, -0.15) is 0 Å². The predicted molar refractivity (Wildman–Crippen MR) is 84.0 cm³/mol. The van der Waals surface area contributed by atoms with Crippen LogP contribution in [-0.2, 0) is 11.2 Å². The van der Waals surface area contributed by atoms with Crippen molar-refractivity contribution in [3.8, 4) is 11.8 Å². The molecule has 3 N–H and O–H groups in total. The Bertz CT molecular complexity index is 690. The molecule has 1 aromatic carbocycles. The SMILES string of the molecule is NCC#Cc1ccc(Cl)cc1NC(=O)Cc1cccnc1. The fourth-order valence-corrected chi connectivity index (χ4v) is 1.93. The summed E-state index contributed by atoms with van der Waals surface area (Å²) in [7, 11) is 0. The van der Waals surface area contributed by atoms with E-state index in [0.29, 0.717) is 16.3 Å². The highest BCUT2D eigenvalue weighted by Gasteiger charge is 2.07. The molecule has 0 saturated heterocycles. The summed E-state index contributed by atoms with van der Waals surface area (Å²) in [6.07, 6.45) is 3.57. The summed E-state index contributed by atoms with van der Waals surface area (Å²) in [6.45, 7) is 0.256. The number of anilines is 1. The van der Waals surface area contributed by atoms with Crippen LogP contribution in [0.3, 0.4) is 0 Å². The smallest absolute Gasteiger partial charge is 0.228 e. The summed E-state index contributed by atoms with van der Waals surface area (Å²) in [5, 5.41) is 3.35. The highest BCUT2D eigenvalue weighted by Crippen LogP contribution is 2.20. The van der Waals surface area contributed by atoms with E-state index in [1.807, 2.05) is 6.07 Å². The summed E-state index contributed by atoms with van der Waals surface area (Å²) in [5.74, 6) is 5.52. The molecule has 0 aliphatic heterocycles. The van der Waals surface area contributed by atoms with Crippen LogP contribution in [-0.4, -0.2) is 17.4 Å². The molecule has 0 unspecified atom stereocenters.